The molecule has 31 heavy (non-hydrogen) atoms. The Morgan fingerprint density at radius 2 is 1.97 bits per heavy atom. The van der Waals surface area contributed by atoms with Gasteiger partial charge in [0, 0.05) is 36.5 Å². The van der Waals surface area contributed by atoms with Crippen LogP contribution in [-0.2, 0) is 25.8 Å². The maximum Gasteiger partial charge on any atom is 0.287 e. The van der Waals surface area contributed by atoms with Crippen molar-refractivity contribution in [3.8, 4) is 11.3 Å². The van der Waals surface area contributed by atoms with Gasteiger partial charge < -0.3 is 9.73 Å². The fourth-order valence-electron chi connectivity index (χ4n) is 4.16. The summed E-state index contributed by atoms with van der Waals surface area (Å²) in [5.74, 6) is 1.07. The predicted octanol–water partition coefficient (Wildman–Crippen LogP) is 3.97. The van der Waals surface area contributed by atoms with Crippen LogP contribution in [-0.4, -0.2) is 27.2 Å². The van der Waals surface area contributed by atoms with E-state index in [0.717, 1.165) is 47.5 Å². The molecular formula is C25H24N4O2. The lowest BCUT2D eigenvalue weighted by atomic mass is 9.93. The molecule has 0 bridgehead atoms. The van der Waals surface area contributed by atoms with Gasteiger partial charge in [0.1, 0.15) is 5.76 Å². The lowest BCUT2D eigenvalue weighted by molar-refractivity contribution is 0.0924. The van der Waals surface area contributed by atoms with E-state index in [-0.39, 0.29) is 5.91 Å². The van der Waals surface area contributed by atoms with E-state index in [4.69, 9.17) is 9.52 Å². The van der Waals surface area contributed by atoms with Crippen molar-refractivity contribution < 1.29 is 9.21 Å². The van der Waals surface area contributed by atoms with Gasteiger partial charge in [0.05, 0.1) is 17.9 Å². The summed E-state index contributed by atoms with van der Waals surface area (Å²) in [5.41, 5.74) is 6.09. The Balaban J connectivity index is 1.34. The minimum Gasteiger partial charge on any atom is -0.455 e. The summed E-state index contributed by atoms with van der Waals surface area (Å²) in [7, 11) is 0. The fraction of sp³-hybridized carbons (Fsp3) is 0.240. The van der Waals surface area contributed by atoms with E-state index in [2.05, 4.69) is 28.6 Å². The molecule has 0 aliphatic heterocycles. The van der Waals surface area contributed by atoms with Crippen molar-refractivity contribution in [3.05, 3.63) is 94.8 Å². The Labute approximate surface area is 180 Å². The minimum atomic E-state index is -0.169. The zero-order valence-electron chi connectivity index (χ0n) is 17.5. The number of rotatable bonds is 6. The monoisotopic (exact) mass is 412 g/mol. The Hall–Kier alpha value is -3.67. The number of nitrogens with one attached hydrogen (secondary N) is 1. The highest BCUT2D eigenvalue weighted by Crippen LogP contribution is 2.38. The molecule has 5 rings (SSSR count). The van der Waals surface area contributed by atoms with Crippen molar-refractivity contribution in [1.29, 1.82) is 0 Å². The summed E-state index contributed by atoms with van der Waals surface area (Å²) in [4.78, 5) is 17.2. The number of aromatic nitrogens is 3. The predicted molar refractivity (Wildman–Crippen MR) is 118 cm³/mol. The molecule has 156 valence electrons. The number of fused-ring (bicyclic) bond motifs is 3. The van der Waals surface area contributed by atoms with Crippen molar-refractivity contribution in [1.82, 2.24) is 20.1 Å². The number of pyridine rings is 1. The third-order valence-electron chi connectivity index (χ3n) is 5.71. The third-order valence-corrected chi connectivity index (χ3v) is 5.71. The summed E-state index contributed by atoms with van der Waals surface area (Å²) in [6.07, 6.45) is 6.29. The highest BCUT2D eigenvalue weighted by molar-refractivity contribution is 5.95. The van der Waals surface area contributed by atoms with Crippen molar-refractivity contribution >= 4 is 5.91 Å². The summed E-state index contributed by atoms with van der Waals surface area (Å²) in [6, 6.07) is 16.0. The van der Waals surface area contributed by atoms with Crippen LogP contribution < -0.4 is 5.32 Å². The van der Waals surface area contributed by atoms with Gasteiger partial charge >= 0.3 is 0 Å². The molecule has 0 saturated heterocycles. The van der Waals surface area contributed by atoms with Crippen LogP contribution in [0, 0.1) is 6.92 Å². The highest BCUT2D eigenvalue weighted by atomic mass is 16.4. The van der Waals surface area contributed by atoms with Crippen molar-refractivity contribution in [2.45, 2.75) is 32.7 Å². The molecule has 0 saturated carbocycles. The highest BCUT2D eigenvalue weighted by Gasteiger charge is 2.29. The Bertz CT molecular complexity index is 1210. The maximum absolute atomic E-state index is 12.8. The van der Waals surface area contributed by atoms with Gasteiger partial charge in [-0.3, -0.25) is 14.5 Å². The first-order valence-electron chi connectivity index (χ1n) is 10.6. The van der Waals surface area contributed by atoms with Crippen LogP contribution in [0.4, 0.5) is 0 Å². The Kier molecular flexibility index (Phi) is 5.12. The number of nitrogens with zero attached hydrogens (tertiary/aromatic N) is 3. The normalized spacial score (nSPS) is 12.3. The molecule has 6 nitrogen and oxygen atoms in total. The van der Waals surface area contributed by atoms with Gasteiger partial charge in [-0.15, -0.1) is 0 Å². The van der Waals surface area contributed by atoms with Crippen LogP contribution in [0.2, 0.25) is 0 Å². The molecule has 1 amide bonds. The minimum absolute atomic E-state index is 0.169. The smallest absolute Gasteiger partial charge is 0.287 e. The number of furan rings is 1. The summed E-state index contributed by atoms with van der Waals surface area (Å²) >= 11 is 0. The van der Waals surface area contributed by atoms with Gasteiger partial charge in [-0.25, -0.2) is 0 Å². The maximum atomic E-state index is 12.8. The molecule has 0 spiro atoms. The van der Waals surface area contributed by atoms with Gasteiger partial charge in [0.15, 0.2) is 5.76 Å². The molecule has 0 radical (unpaired) electrons. The van der Waals surface area contributed by atoms with Crippen LogP contribution in [0.1, 0.15) is 38.7 Å². The largest absolute Gasteiger partial charge is 0.455 e. The standard InChI is InChI=1S/C25H24N4O2/c1-17-22-21(31-24(17)25(30)27-14-12-18-7-3-2-4-8-18)11-10-19-15-29(28-23(19)22)16-20-9-5-6-13-26-20/h2-9,13,15H,10-12,14,16H2,1H3,(H,27,30). The van der Waals surface area contributed by atoms with Gasteiger partial charge in [0.25, 0.3) is 5.91 Å². The van der Waals surface area contributed by atoms with Crippen molar-refractivity contribution in [2.75, 3.05) is 6.54 Å². The second-order valence-corrected chi connectivity index (χ2v) is 7.87. The van der Waals surface area contributed by atoms with Crippen LogP contribution in [0.15, 0.2) is 65.3 Å². The number of aryl methyl sites for hydroxylation is 2. The molecule has 1 aliphatic rings. The van der Waals surface area contributed by atoms with Crippen LogP contribution in [0.25, 0.3) is 11.3 Å². The number of carbonyl (C=O) groups excluding carboxylic acids is 1. The lowest BCUT2D eigenvalue weighted by Gasteiger charge is -2.09. The van der Waals surface area contributed by atoms with Gasteiger partial charge in [-0.05, 0) is 43.0 Å². The molecule has 3 heterocycles. The van der Waals surface area contributed by atoms with Crippen LogP contribution in [0.5, 0.6) is 0 Å². The number of amides is 1. The molecule has 0 fully saturated rings. The third kappa shape index (κ3) is 3.89. The van der Waals surface area contributed by atoms with E-state index < -0.39 is 0 Å². The molecule has 0 atom stereocenters. The van der Waals surface area contributed by atoms with Crippen LogP contribution in [0.3, 0.4) is 0 Å². The second kappa shape index (κ2) is 8.22. The quantitative estimate of drug-likeness (QED) is 0.520. The SMILES string of the molecule is Cc1c(C(=O)NCCc2ccccc2)oc2c1-c1nn(Cc3ccccn3)cc1CC2. The average Bonchev–Trinajstić information content (AvgIpc) is 3.35. The molecular weight excluding hydrogens is 388 g/mol. The first-order valence-corrected chi connectivity index (χ1v) is 10.6. The summed E-state index contributed by atoms with van der Waals surface area (Å²) in [5, 5.41) is 7.80. The average molecular weight is 412 g/mol. The van der Waals surface area contributed by atoms with Crippen LogP contribution >= 0.6 is 0 Å². The molecule has 1 aliphatic carbocycles. The first-order chi connectivity index (χ1) is 15.2. The number of benzene rings is 1. The van der Waals surface area contributed by atoms with Gasteiger partial charge in [-0.1, -0.05) is 36.4 Å². The van der Waals surface area contributed by atoms with Gasteiger partial charge in [0.2, 0.25) is 0 Å². The molecule has 4 aromatic rings. The molecule has 1 N–H and O–H groups in total. The molecule has 6 heteroatoms. The van der Waals surface area contributed by atoms with E-state index in [1.807, 2.05) is 48.0 Å². The topological polar surface area (TPSA) is 73.0 Å². The van der Waals surface area contributed by atoms with E-state index in [1.165, 1.54) is 11.1 Å². The van der Waals surface area contributed by atoms with Crippen molar-refractivity contribution in [3.63, 3.8) is 0 Å². The second-order valence-electron chi connectivity index (χ2n) is 7.87. The van der Waals surface area contributed by atoms with E-state index >= 15 is 0 Å². The Morgan fingerprint density at radius 1 is 1.13 bits per heavy atom. The van der Waals surface area contributed by atoms with Gasteiger partial charge in [-0.2, -0.15) is 5.10 Å². The zero-order valence-corrected chi connectivity index (χ0v) is 17.5. The number of carbonyl (C=O) groups is 1. The zero-order chi connectivity index (χ0) is 21.2. The van der Waals surface area contributed by atoms with E-state index in [9.17, 15) is 4.79 Å². The first kappa shape index (κ1) is 19.3. The number of hydrogen-bond acceptors (Lipinski definition) is 4. The molecule has 3 aromatic heterocycles. The number of hydrogen-bond donors (Lipinski definition) is 1. The van der Waals surface area contributed by atoms with E-state index in [1.54, 1.807) is 6.20 Å². The van der Waals surface area contributed by atoms with Crippen molar-refractivity contribution in [2.24, 2.45) is 0 Å². The van der Waals surface area contributed by atoms with E-state index in [0.29, 0.717) is 18.8 Å². The fourth-order valence-corrected chi connectivity index (χ4v) is 4.16. The lowest BCUT2D eigenvalue weighted by Crippen LogP contribution is -2.25. The molecule has 0 unspecified atom stereocenters. The summed E-state index contributed by atoms with van der Waals surface area (Å²) in [6.45, 7) is 3.13. The summed E-state index contributed by atoms with van der Waals surface area (Å²) < 4.78 is 7.94. The Morgan fingerprint density at radius 3 is 2.77 bits per heavy atom. The molecule has 1 aromatic carbocycles.